The van der Waals surface area contributed by atoms with Gasteiger partial charge in [0.15, 0.2) is 0 Å². The van der Waals surface area contributed by atoms with Crippen LogP contribution in [0, 0.1) is 26.2 Å². The van der Waals surface area contributed by atoms with E-state index in [4.69, 9.17) is 6.42 Å². The van der Waals surface area contributed by atoms with Gasteiger partial charge in [-0.25, -0.2) is 0 Å². The predicted octanol–water partition coefficient (Wildman–Crippen LogP) is 1.03. The second-order valence-electron chi connectivity index (χ2n) is 3.78. The maximum absolute atomic E-state index is 11.6. The Morgan fingerprint density at radius 1 is 1.69 bits per heavy atom. The van der Waals surface area contributed by atoms with Crippen LogP contribution in [0.2, 0.25) is 0 Å². The van der Waals surface area contributed by atoms with Gasteiger partial charge in [0, 0.05) is 5.69 Å². The molecular weight excluding hydrogens is 202 g/mol. The summed E-state index contributed by atoms with van der Waals surface area (Å²) >= 11 is 0. The van der Waals surface area contributed by atoms with Crippen LogP contribution in [0.1, 0.15) is 24.7 Å². The minimum atomic E-state index is -0.190. The van der Waals surface area contributed by atoms with Gasteiger partial charge < -0.3 is 5.32 Å². The molecular formula is C12H17N3O. The van der Waals surface area contributed by atoms with Crippen molar-refractivity contribution in [1.29, 1.82) is 0 Å². The molecule has 0 aromatic carbocycles. The SMILES string of the molecule is C#CC(CC)NC(=O)Cn1nc(C)cc1C. The van der Waals surface area contributed by atoms with Gasteiger partial charge in [0.2, 0.25) is 5.91 Å². The lowest BCUT2D eigenvalue weighted by molar-refractivity contribution is -0.122. The third-order valence-electron chi connectivity index (χ3n) is 2.34. The van der Waals surface area contributed by atoms with Crippen molar-refractivity contribution in [3.05, 3.63) is 17.5 Å². The zero-order valence-electron chi connectivity index (χ0n) is 9.95. The van der Waals surface area contributed by atoms with E-state index in [0.29, 0.717) is 0 Å². The normalized spacial score (nSPS) is 11.9. The van der Waals surface area contributed by atoms with Gasteiger partial charge in [-0.05, 0) is 26.3 Å². The van der Waals surface area contributed by atoms with Crippen LogP contribution < -0.4 is 5.32 Å². The Labute approximate surface area is 96.0 Å². The molecule has 1 heterocycles. The van der Waals surface area contributed by atoms with Gasteiger partial charge in [-0.2, -0.15) is 5.10 Å². The fourth-order valence-corrected chi connectivity index (χ4v) is 1.47. The van der Waals surface area contributed by atoms with Crippen molar-refractivity contribution < 1.29 is 4.79 Å². The summed E-state index contributed by atoms with van der Waals surface area (Å²) in [5, 5.41) is 6.98. The number of hydrogen-bond donors (Lipinski definition) is 1. The molecule has 16 heavy (non-hydrogen) atoms. The van der Waals surface area contributed by atoms with Gasteiger partial charge in [0.1, 0.15) is 6.54 Å². The van der Waals surface area contributed by atoms with Crippen molar-refractivity contribution in [2.75, 3.05) is 0 Å². The Balaban J connectivity index is 2.59. The number of amides is 1. The zero-order chi connectivity index (χ0) is 12.1. The van der Waals surface area contributed by atoms with Gasteiger partial charge in [0.25, 0.3) is 0 Å². The molecule has 0 fully saturated rings. The highest BCUT2D eigenvalue weighted by atomic mass is 16.2. The van der Waals surface area contributed by atoms with E-state index in [1.165, 1.54) is 0 Å². The van der Waals surface area contributed by atoms with Crippen molar-refractivity contribution in [2.45, 2.75) is 39.8 Å². The number of carbonyl (C=O) groups is 1. The number of nitrogens with zero attached hydrogens (tertiary/aromatic N) is 2. The van der Waals surface area contributed by atoms with Crippen molar-refractivity contribution in [1.82, 2.24) is 15.1 Å². The smallest absolute Gasteiger partial charge is 0.242 e. The molecule has 0 spiro atoms. The van der Waals surface area contributed by atoms with Crippen molar-refractivity contribution in [3.8, 4) is 12.3 Å². The Bertz CT molecular complexity index is 414. The summed E-state index contributed by atoms with van der Waals surface area (Å²) in [5.41, 5.74) is 1.88. The largest absolute Gasteiger partial charge is 0.341 e. The minimum absolute atomic E-state index is 0.101. The lowest BCUT2D eigenvalue weighted by Crippen LogP contribution is -2.36. The first kappa shape index (κ1) is 12.3. The highest BCUT2D eigenvalue weighted by Crippen LogP contribution is 2.01. The summed E-state index contributed by atoms with van der Waals surface area (Å²) in [5.74, 6) is 2.43. The van der Waals surface area contributed by atoms with E-state index in [1.54, 1.807) is 4.68 Å². The molecule has 0 saturated heterocycles. The van der Waals surface area contributed by atoms with Gasteiger partial charge >= 0.3 is 0 Å². The van der Waals surface area contributed by atoms with Gasteiger partial charge in [-0.3, -0.25) is 9.48 Å². The van der Waals surface area contributed by atoms with E-state index in [9.17, 15) is 4.79 Å². The number of carbonyl (C=O) groups excluding carboxylic acids is 1. The molecule has 1 aromatic rings. The van der Waals surface area contributed by atoms with Crippen LogP contribution in [0.4, 0.5) is 0 Å². The van der Waals surface area contributed by atoms with Crippen LogP contribution in [0.3, 0.4) is 0 Å². The maximum Gasteiger partial charge on any atom is 0.242 e. The zero-order valence-corrected chi connectivity index (χ0v) is 9.95. The van der Waals surface area contributed by atoms with Gasteiger partial charge in [0.05, 0.1) is 11.7 Å². The average molecular weight is 219 g/mol. The first-order valence-corrected chi connectivity index (χ1v) is 5.33. The average Bonchev–Trinajstić information content (AvgIpc) is 2.54. The van der Waals surface area contributed by atoms with E-state index in [2.05, 4.69) is 16.3 Å². The molecule has 0 aliphatic carbocycles. The molecule has 4 nitrogen and oxygen atoms in total. The Hall–Kier alpha value is -1.76. The van der Waals surface area contributed by atoms with Crippen molar-refractivity contribution in [3.63, 3.8) is 0 Å². The van der Waals surface area contributed by atoms with Crippen LogP contribution in [0.25, 0.3) is 0 Å². The summed E-state index contributed by atoms with van der Waals surface area (Å²) in [7, 11) is 0. The Morgan fingerprint density at radius 2 is 2.38 bits per heavy atom. The number of aromatic nitrogens is 2. The maximum atomic E-state index is 11.6. The molecule has 86 valence electrons. The molecule has 0 saturated carbocycles. The second-order valence-corrected chi connectivity index (χ2v) is 3.78. The van der Waals surface area contributed by atoms with Crippen molar-refractivity contribution in [2.24, 2.45) is 0 Å². The third kappa shape index (κ3) is 3.13. The fraction of sp³-hybridized carbons (Fsp3) is 0.500. The third-order valence-corrected chi connectivity index (χ3v) is 2.34. The minimum Gasteiger partial charge on any atom is -0.341 e. The summed E-state index contributed by atoms with van der Waals surface area (Å²) in [4.78, 5) is 11.6. The molecule has 0 radical (unpaired) electrons. The molecule has 0 aliphatic heterocycles. The monoisotopic (exact) mass is 219 g/mol. The number of nitrogens with one attached hydrogen (secondary N) is 1. The Kier molecular flexibility index (Phi) is 4.12. The lowest BCUT2D eigenvalue weighted by atomic mass is 10.2. The summed E-state index contributed by atoms with van der Waals surface area (Å²) < 4.78 is 1.67. The lowest BCUT2D eigenvalue weighted by Gasteiger charge is -2.11. The van der Waals surface area contributed by atoms with E-state index in [-0.39, 0.29) is 18.5 Å². The van der Waals surface area contributed by atoms with Crippen LogP contribution in [-0.2, 0) is 11.3 Å². The Morgan fingerprint density at radius 3 is 2.81 bits per heavy atom. The van der Waals surface area contributed by atoms with E-state index < -0.39 is 0 Å². The molecule has 1 rings (SSSR count). The fourth-order valence-electron chi connectivity index (χ4n) is 1.47. The first-order chi connectivity index (χ1) is 7.56. The number of rotatable bonds is 4. The molecule has 1 aromatic heterocycles. The molecule has 0 aliphatic rings. The topological polar surface area (TPSA) is 46.9 Å². The van der Waals surface area contributed by atoms with Gasteiger partial charge in [-0.15, -0.1) is 6.42 Å². The number of hydrogen-bond acceptors (Lipinski definition) is 2. The van der Waals surface area contributed by atoms with Crippen LogP contribution in [0.5, 0.6) is 0 Å². The first-order valence-electron chi connectivity index (χ1n) is 5.33. The van der Waals surface area contributed by atoms with Crippen molar-refractivity contribution >= 4 is 5.91 Å². The summed E-state index contributed by atoms with van der Waals surface area (Å²) in [6, 6.07) is 1.75. The highest BCUT2D eigenvalue weighted by Gasteiger charge is 2.10. The molecule has 0 bridgehead atoms. The molecule has 1 atom stereocenters. The predicted molar refractivity (Wildman–Crippen MR) is 62.8 cm³/mol. The number of terminal acetylenes is 1. The van der Waals surface area contributed by atoms with E-state index in [0.717, 1.165) is 17.8 Å². The van der Waals surface area contributed by atoms with E-state index >= 15 is 0 Å². The molecule has 1 amide bonds. The van der Waals surface area contributed by atoms with Crippen LogP contribution in [0.15, 0.2) is 6.07 Å². The quantitative estimate of drug-likeness (QED) is 0.769. The van der Waals surface area contributed by atoms with Crippen LogP contribution in [-0.4, -0.2) is 21.7 Å². The second kappa shape index (κ2) is 5.36. The standard InChI is InChI=1S/C12H17N3O/c1-5-11(6-2)13-12(16)8-15-10(4)7-9(3)14-15/h1,7,11H,6,8H2,2-4H3,(H,13,16). The van der Waals surface area contributed by atoms with Gasteiger partial charge in [-0.1, -0.05) is 12.8 Å². The molecule has 1 unspecified atom stereocenters. The molecule has 4 heteroatoms. The highest BCUT2D eigenvalue weighted by molar-refractivity contribution is 5.76. The number of aryl methyl sites for hydroxylation is 2. The summed E-state index contributed by atoms with van der Waals surface area (Å²) in [6.45, 7) is 5.98. The van der Waals surface area contributed by atoms with E-state index in [1.807, 2.05) is 26.8 Å². The van der Waals surface area contributed by atoms with Crippen LogP contribution >= 0.6 is 0 Å². The molecule has 1 N–H and O–H groups in total. The summed E-state index contributed by atoms with van der Waals surface area (Å²) in [6.07, 6.45) is 6.01.